The van der Waals surface area contributed by atoms with Crippen molar-refractivity contribution in [2.24, 2.45) is 0 Å². The standard InChI is InChI=1S/C20H17FN2O5S/c1-28-14-6-7-15(16(24)11-14)18(25)22-8-9-23-19(26)17(29-20(23)27)10-12-2-4-13(21)5-3-12/h2-7,10-11,24H,8-9H2,1H3,(H,22,25)/b17-10-. The lowest BCUT2D eigenvalue weighted by molar-refractivity contribution is -0.122. The molecule has 0 unspecified atom stereocenters. The number of rotatable bonds is 6. The first-order valence-corrected chi connectivity index (χ1v) is 9.37. The molecule has 2 aromatic carbocycles. The van der Waals surface area contributed by atoms with Gasteiger partial charge in [-0.1, -0.05) is 12.1 Å². The van der Waals surface area contributed by atoms with E-state index in [1.165, 1.54) is 55.7 Å². The van der Waals surface area contributed by atoms with Crippen molar-refractivity contribution >= 4 is 34.9 Å². The first-order chi connectivity index (χ1) is 13.9. The van der Waals surface area contributed by atoms with E-state index >= 15 is 0 Å². The third kappa shape index (κ3) is 4.75. The summed E-state index contributed by atoms with van der Waals surface area (Å²) in [6, 6.07) is 9.79. The number of nitrogens with zero attached hydrogens (tertiary/aromatic N) is 1. The monoisotopic (exact) mass is 416 g/mol. The van der Waals surface area contributed by atoms with Gasteiger partial charge in [0.2, 0.25) is 0 Å². The fourth-order valence-electron chi connectivity index (χ4n) is 2.61. The van der Waals surface area contributed by atoms with Crippen LogP contribution in [-0.2, 0) is 4.79 Å². The van der Waals surface area contributed by atoms with E-state index in [4.69, 9.17) is 4.74 Å². The maximum atomic E-state index is 13.0. The number of halogens is 1. The average Bonchev–Trinajstić information content (AvgIpc) is 2.96. The number of phenols is 1. The Morgan fingerprint density at radius 1 is 1.24 bits per heavy atom. The van der Waals surface area contributed by atoms with Gasteiger partial charge in [-0.2, -0.15) is 0 Å². The SMILES string of the molecule is COc1ccc(C(=O)NCCN2C(=O)S/C(=C\c3ccc(F)cc3)C2=O)c(O)c1. The lowest BCUT2D eigenvalue weighted by atomic mass is 10.2. The van der Waals surface area contributed by atoms with Crippen LogP contribution in [0, 0.1) is 5.82 Å². The van der Waals surface area contributed by atoms with Crippen molar-refractivity contribution < 1.29 is 28.6 Å². The van der Waals surface area contributed by atoms with Crippen LogP contribution in [0.2, 0.25) is 0 Å². The van der Waals surface area contributed by atoms with Gasteiger partial charge in [0.15, 0.2) is 0 Å². The number of thioether (sulfide) groups is 1. The van der Waals surface area contributed by atoms with Crippen molar-refractivity contribution in [3.05, 3.63) is 64.3 Å². The normalized spacial score (nSPS) is 15.1. The third-order valence-corrected chi connectivity index (χ3v) is 5.02. The summed E-state index contributed by atoms with van der Waals surface area (Å²) in [6.45, 7) is 0.000250. The van der Waals surface area contributed by atoms with E-state index in [1.807, 2.05) is 0 Å². The number of aromatic hydroxyl groups is 1. The number of nitrogens with one attached hydrogen (secondary N) is 1. The van der Waals surface area contributed by atoms with E-state index in [2.05, 4.69) is 5.32 Å². The molecule has 29 heavy (non-hydrogen) atoms. The number of ether oxygens (including phenoxy) is 1. The highest BCUT2D eigenvalue weighted by molar-refractivity contribution is 8.18. The minimum atomic E-state index is -0.543. The van der Waals surface area contributed by atoms with Crippen molar-refractivity contribution in [3.63, 3.8) is 0 Å². The van der Waals surface area contributed by atoms with Gasteiger partial charge in [0.05, 0.1) is 17.6 Å². The number of carbonyl (C=O) groups excluding carboxylic acids is 3. The Kier molecular flexibility index (Phi) is 6.18. The molecule has 1 saturated heterocycles. The number of hydrogen-bond donors (Lipinski definition) is 2. The van der Waals surface area contributed by atoms with E-state index < -0.39 is 22.9 Å². The molecule has 3 amide bonds. The zero-order valence-corrected chi connectivity index (χ0v) is 16.2. The van der Waals surface area contributed by atoms with Gasteiger partial charge in [0.1, 0.15) is 17.3 Å². The predicted molar refractivity (Wildman–Crippen MR) is 106 cm³/mol. The third-order valence-electron chi connectivity index (χ3n) is 4.11. The van der Waals surface area contributed by atoms with Crippen molar-refractivity contribution in [3.8, 4) is 11.5 Å². The second-order valence-electron chi connectivity index (χ2n) is 6.02. The van der Waals surface area contributed by atoms with Crippen molar-refractivity contribution in [2.45, 2.75) is 0 Å². The van der Waals surface area contributed by atoms with Crippen LogP contribution in [0.25, 0.3) is 6.08 Å². The lowest BCUT2D eigenvalue weighted by Gasteiger charge is -2.13. The molecule has 2 N–H and O–H groups in total. The second-order valence-corrected chi connectivity index (χ2v) is 7.02. The number of imide groups is 1. The predicted octanol–water partition coefficient (Wildman–Crippen LogP) is 3.01. The van der Waals surface area contributed by atoms with Gasteiger partial charge in [0, 0.05) is 19.2 Å². The molecule has 0 aromatic heterocycles. The smallest absolute Gasteiger partial charge is 0.293 e. The molecule has 1 aliphatic rings. The zero-order valence-electron chi connectivity index (χ0n) is 15.3. The highest BCUT2D eigenvalue weighted by Gasteiger charge is 2.34. The van der Waals surface area contributed by atoms with Gasteiger partial charge in [-0.25, -0.2) is 4.39 Å². The highest BCUT2D eigenvalue weighted by atomic mass is 32.2. The minimum Gasteiger partial charge on any atom is -0.507 e. The number of amides is 3. The Morgan fingerprint density at radius 3 is 2.62 bits per heavy atom. The van der Waals surface area contributed by atoms with E-state index in [0.29, 0.717) is 11.3 Å². The number of phenolic OH excluding ortho intramolecular Hbond substituents is 1. The molecule has 0 bridgehead atoms. The largest absolute Gasteiger partial charge is 0.507 e. The summed E-state index contributed by atoms with van der Waals surface area (Å²) < 4.78 is 17.9. The Morgan fingerprint density at radius 2 is 1.97 bits per heavy atom. The first kappa shape index (κ1) is 20.4. The molecule has 2 aromatic rings. The fraction of sp³-hybridized carbons (Fsp3) is 0.150. The minimum absolute atomic E-state index is 0.0198. The van der Waals surface area contributed by atoms with E-state index in [9.17, 15) is 23.9 Å². The van der Waals surface area contributed by atoms with E-state index in [-0.39, 0.29) is 29.3 Å². The molecule has 1 heterocycles. The van der Waals surface area contributed by atoms with Gasteiger partial charge in [-0.15, -0.1) is 0 Å². The van der Waals surface area contributed by atoms with Crippen molar-refractivity contribution in [2.75, 3.05) is 20.2 Å². The van der Waals surface area contributed by atoms with Crippen LogP contribution in [0.15, 0.2) is 47.4 Å². The van der Waals surface area contributed by atoms with E-state index in [0.717, 1.165) is 16.7 Å². The average molecular weight is 416 g/mol. The quantitative estimate of drug-likeness (QED) is 0.703. The van der Waals surface area contributed by atoms with Crippen LogP contribution < -0.4 is 10.1 Å². The molecule has 150 valence electrons. The summed E-state index contributed by atoms with van der Waals surface area (Å²) in [4.78, 5) is 38.0. The highest BCUT2D eigenvalue weighted by Crippen LogP contribution is 2.32. The summed E-state index contributed by atoms with van der Waals surface area (Å²) in [6.07, 6.45) is 1.51. The summed E-state index contributed by atoms with van der Waals surface area (Å²) in [7, 11) is 1.44. The van der Waals surface area contributed by atoms with Gasteiger partial charge in [-0.3, -0.25) is 19.3 Å². The molecule has 7 nitrogen and oxygen atoms in total. The number of carbonyl (C=O) groups is 3. The molecular formula is C20H17FN2O5S. The van der Waals surface area contributed by atoms with Crippen LogP contribution in [0.4, 0.5) is 9.18 Å². The van der Waals surface area contributed by atoms with Crippen LogP contribution in [0.3, 0.4) is 0 Å². The van der Waals surface area contributed by atoms with E-state index in [1.54, 1.807) is 0 Å². The summed E-state index contributed by atoms with van der Waals surface area (Å²) in [5.74, 6) is -1.25. The van der Waals surface area contributed by atoms with Crippen LogP contribution in [0.5, 0.6) is 11.5 Å². The van der Waals surface area contributed by atoms with Gasteiger partial charge in [0.25, 0.3) is 17.1 Å². The zero-order chi connectivity index (χ0) is 21.0. The molecule has 0 spiro atoms. The number of methoxy groups -OCH3 is 1. The summed E-state index contributed by atoms with van der Waals surface area (Å²) in [5.41, 5.74) is 0.649. The number of benzene rings is 2. The lowest BCUT2D eigenvalue weighted by Crippen LogP contribution is -2.37. The molecule has 3 rings (SSSR count). The number of hydrogen-bond acceptors (Lipinski definition) is 6. The Labute approximate surface area is 170 Å². The molecule has 0 radical (unpaired) electrons. The summed E-state index contributed by atoms with van der Waals surface area (Å²) >= 11 is 0.781. The molecule has 1 fully saturated rings. The van der Waals surface area contributed by atoms with Gasteiger partial charge < -0.3 is 15.2 Å². The molecule has 9 heteroatoms. The second kappa shape index (κ2) is 8.78. The van der Waals surface area contributed by atoms with Gasteiger partial charge in [-0.05, 0) is 47.7 Å². The Bertz CT molecular complexity index is 991. The summed E-state index contributed by atoms with van der Waals surface area (Å²) in [5, 5.41) is 12.0. The van der Waals surface area contributed by atoms with Crippen LogP contribution in [0.1, 0.15) is 15.9 Å². The maximum Gasteiger partial charge on any atom is 0.293 e. The van der Waals surface area contributed by atoms with Crippen LogP contribution >= 0.6 is 11.8 Å². The van der Waals surface area contributed by atoms with Crippen molar-refractivity contribution in [1.82, 2.24) is 10.2 Å². The Hall–Kier alpha value is -3.33. The first-order valence-electron chi connectivity index (χ1n) is 8.55. The van der Waals surface area contributed by atoms with Crippen LogP contribution in [-0.4, -0.2) is 47.3 Å². The maximum absolute atomic E-state index is 13.0. The van der Waals surface area contributed by atoms with Crippen molar-refractivity contribution in [1.29, 1.82) is 0 Å². The molecule has 0 aliphatic carbocycles. The molecule has 1 aliphatic heterocycles. The van der Waals surface area contributed by atoms with Gasteiger partial charge >= 0.3 is 0 Å². The fourth-order valence-corrected chi connectivity index (χ4v) is 3.48. The molecule has 0 atom stereocenters. The Balaban J connectivity index is 1.59. The topological polar surface area (TPSA) is 95.9 Å². The molecule has 0 saturated carbocycles. The molecular weight excluding hydrogens is 399 g/mol.